The van der Waals surface area contributed by atoms with Crippen LogP contribution in [-0.4, -0.2) is 9.78 Å². The van der Waals surface area contributed by atoms with Crippen molar-refractivity contribution in [2.75, 3.05) is 0 Å². The summed E-state index contributed by atoms with van der Waals surface area (Å²) in [5, 5.41) is 8.26. The van der Waals surface area contributed by atoms with Gasteiger partial charge >= 0.3 is 0 Å². The third-order valence-electron chi connectivity index (χ3n) is 3.05. The minimum Gasteiger partial charge on any atom is -0.240 e. The van der Waals surface area contributed by atoms with Gasteiger partial charge in [0.1, 0.15) is 0 Å². The smallest absolute Gasteiger partial charge is 0.0957 e. The number of rotatable bonds is 4. The number of aromatic nitrogens is 2. The number of hydrogen-bond donors (Lipinski definition) is 0. The molecule has 5 nitrogen and oxygen atoms in total. The number of azide groups is 1. The highest BCUT2D eigenvalue weighted by Gasteiger charge is 2.13. The fraction of sp³-hybridized carbons (Fsp3) is 0.0667. The van der Waals surface area contributed by atoms with Gasteiger partial charge < -0.3 is 0 Å². The van der Waals surface area contributed by atoms with Crippen molar-refractivity contribution < 1.29 is 0 Å². The Labute approximate surface area is 116 Å². The van der Waals surface area contributed by atoms with Gasteiger partial charge in [0, 0.05) is 23.1 Å². The van der Waals surface area contributed by atoms with Crippen molar-refractivity contribution >= 4 is 5.57 Å². The molecule has 97 valence electrons. The van der Waals surface area contributed by atoms with Crippen LogP contribution in [0.25, 0.3) is 21.7 Å². The minimum atomic E-state index is 0.295. The van der Waals surface area contributed by atoms with Crippen LogP contribution in [0, 0.1) is 6.42 Å². The van der Waals surface area contributed by atoms with E-state index < -0.39 is 0 Å². The molecule has 0 saturated carbocycles. The first-order valence-electron chi connectivity index (χ1n) is 6.25. The molecular formula is C15H12N5. The zero-order valence-electron chi connectivity index (χ0n) is 10.7. The molecule has 5 heteroatoms. The molecule has 3 rings (SSSR count). The quantitative estimate of drug-likeness (QED) is 0.469. The lowest BCUT2D eigenvalue weighted by molar-refractivity contribution is 0.874. The zero-order valence-corrected chi connectivity index (χ0v) is 10.7. The molecule has 0 fully saturated rings. The lowest BCUT2D eigenvalue weighted by Crippen LogP contribution is -1.94. The Kier molecular flexibility index (Phi) is 3.35. The van der Waals surface area contributed by atoms with Crippen LogP contribution < -0.4 is 0 Å². The van der Waals surface area contributed by atoms with E-state index >= 15 is 0 Å². The monoisotopic (exact) mass is 262 g/mol. The third kappa shape index (κ3) is 2.35. The number of benzene rings is 1. The number of nitrogens with zero attached hydrogens (tertiary/aromatic N) is 5. The highest BCUT2D eigenvalue weighted by atomic mass is 15.3. The first-order chi connectivity index (χ1) is 9.88. The summed E-state index contributed by atoms with van der Waals surface area (Å²) in [5.74, 6) is 0. The van der Waals surface area contributed by atoms with Crippen molar-refractivity contribution in [2.45, 2.75) is 6.54 Å². The van der Waals surface area contributed by atoms with Crippen LogP contribution in [0.2, 0.25) is 0 Å². The van der Waals surface area contributed by atoms with Crippen LogP contribution in [0.3, 0.4) is 0 Å². The Morgan fingerprint density at radius 3 is 2.80 bits per heavy atom. The van der Waals surface area contributed by atoms with E-state index in [0.29, 0.717) is 6.54 Å². The summed E-state index contributed by atoms with van der Waals surface area (Å²) in [5.41, 5.74) is 12.3. The highest BCUT2D eigenvalue weighted by molar-refractivity contribution is 5.78. The topological polar surface area (TPSA) is 66.6 Å². The van der Waals surface area contributed by atoms with Crippen LogP contribution >= 0.6 is 0 Å². The molecule has 1 aliphatic rings. The van der Waals surface area contributed by atoms with E-state index in [1.807, 2.05) is 65.9 Å². The van der Waals surface area contributed by atoms with Gasteiger partial charge in [-0.15, -0.1) is 0 Å². The molecule has 0 unspecified atom stereocenters. The van der Waals surface area contributed by atoms with Gasteiger partial charge in [-0.3, -0.25) is 0 Å². The molecule has 0 saturated heterocycles. The van der Waals surface area contributed by atoms with Gasteiger partial charge in [-0.25, -0.2) is 4.68 Å². The highest BCUT2D eigenvalue weighted by Crippen LogP contribution is 2.25. The van der Waals surface area contributed by atoms with Crippen molar-refractivity contribution in [1.82, 2.24) is 9.78 Å². The van der Waals surface area contributed by atoms with E-state index in [1.54, 1.807) is 0 Å². The third-order valence-corrected chi connectivity index (χ3v) is 3.05. The zero-order chi connectivity index (χ0) is 13.8. The average molecular weight is 262 g/mol. The molecule has 0 aliphatic heterocycles. The largest absolute Gasteiger partial charge is 0.240 e. The van der Waals surface area contributed by atoms with Gasteiger partial charge in [0.25, 0.3) is 0 Å². The predicted octanol–water partition coefficient (Wildman–Crippen LogP) is 3.84. The van der Waals surface area contributed by atoms with Gasteiger partial charge in [-0.05, 0) is 23.2 Å². The Balaban J connectivity index is 2.05. The minimum absolute atomic E-state index is 0.295. The van der Waals surface area contributed by atoms with Crippen molar-refractivity contribution in [1.29, 1.82) is 0 Å². The second-order valence-corrected chi connectivity index (χ2v) is 4.35. The van der Waals surface area contributed by atoms with Crippen LogP contribution in [0.5, 0.6) is 0 Å². The summed E-state index contributed by atoms with van der Waals surface area (Å²) in [6, 6.07) is 9.86. The second kappa shape index (κ2) is 5.47. The van der Waals surface area contributed by atoms with E-state index in [-0.39, 0.29) is 0 Å². The summed E-state index contributed by atoms with van der Waals surface area (Å²) in [7, 11) is 0. The van der Waals surface area contributed by atoms with Gasteiger partial charge in [-0.2, -0.15) is 5.10 Å². The van der Waals surface area contributed by atoms with Gasteiger partial charge in [-0.1, -0.05) is 41.5 Å². The second-order valence-electron chi connectivity index (χ2n) is 4.35. The fourth-order valence-electron chi connectivity index (χ4n) is 2.12. The van der Waals surface area contributed by atoms with Crippen molar-refractivity contribution in [3.05, 3.63) is 82.9 Å². The number of allylic oxidation sites excluding steroid dienone is 4. The molecule has 0 spiro atoms. The van der Waals surface area contributed by atoms with Crippen LogP contribution in [0.15, 0.2) is 59.9 Å². The summed E-state index contributed by atoms with van der Waals surface area (Å²) in [4.78, 5) is 2.82. The summed E-state index contributed by atoms with van der Waals surface area (Å²) in [6.45, 7) is 0.295. The maximum atomic E-state index is 8.50. The summed E-state index contributed by atoms with van der Waals surface area (Å²) in [6.07, 6.45) is 9.84. The molecule has 20 heavy (non-hydrogen) atoms. The lowest BCUT2D eigenvalue weighted by atomic mass is 10.1. The van der Waals surface area contributed by atoms with Crippen LogP contribution in [-0.2, 0) is 6.54 Å². The van der Waals surface area contributed by atoms with Gasteiger partial charge in [0.2, 0.25) is 0 Å². The molecule has 1 aliphatic carbocycles. The first kappa shape index (κ1) is 12.3. The number of para-hydroxylation sites is 1. The van der Waals surface area contributed by atoms with Crippen LogP contribution in [0.4, 0.5) is 0 Å². The molecule has 0 N–H and O–H groups in total. The van der Waals surface area contributed by atoms with Crippen molar-refractivity contribution in [3.63, 3.8) is 0 Å². The summed E-state index contributed by atoms with van der Waals surface area (Å²) < 4.78 is 1.81. The van der Waals surface area contributed by atoms with E-state index in [1.165, 1.54) is 0 Å². The van der Waals surface area contributed by atoms with Gasteiger partial charge in [0.15, 0.2) is 0 Å². The molecule has 2 aromatic rings. The molecule has 0 atom stereocenters. The molecule has 1 heterocycles. The molecular weight excluding hydrogens is 250 g/mol. The van der Waals surface area contributed by atoms with Crippen molar-refractivity contribution in [2.24, 2.45) is 5.11 Å². The van der Waals surface area contributed by atoms with E-state index in [0.717, 1.165) is 22.5 Å². The maximum absolute atomic E-state index is 8.50. The van der Waals surface area contributed by atoms with E-state index in [2.05, 4.69) is 15.1 Å². The molecule has 1 aromatic carbocycles. The van der Waals surface area contributed by atoms with Gasteiger partial charge in [0.05, 0.1) is 17.9 Å². The van der Waals surface area contributed by atoms with Crippen molar-refractivity contribution in [3.8, 4) is 5.69 Å². The Hall–Kier alpha value is -2.78. The Bertz CT molecular complexity index is 718. The SMILES string of the molecule is [N-]=[N+]=NCc1cn(-c2ccccc2)nc1C1=C[CH]C=C1. The normalized spacial score (nSPS) is 13.1. The molecule has 0 bridgehead atoms. The Morgan fingerprint density at radius 1 is 1.25 bits per heavy atom. The molecule has 0 amide bonds. The van der Waals surface area contributed by atoms with E-state index in [9.17, 15) is 0 Å². The lowest BCUT2D eigenvalue weighted by Gasteiger charge is -1.99. The maximum Gasteiger partial charge on any atom is 0.0957 e. The summed E-state index contributed by atoms with van der Waals surface area (Å²) >= 11 is 0. The molecule has 1 aromatic heterocycles. The Morgan fingerprint density at radius 2 is 2.10 bits per heavy atom. The predicted molar refractivity (Wildman–Crippen MR) is 77.8 cm³/mol. The fourth-order valence-corrected chi connectivity index (χ4v) is 2.12. The molecule has 1 radical (unpaired) electrons. The standard InChI is InChI=1S/C15H12N5/c16-19-17-10-13-11-20(14-8-2-1-3-9-14)18-15(13)12-6-4-5-7-12/h1-9,11H,10H2. The first-order valence-corrected chi connectivity index (χ1v) is 6.25. The number of hydrogen-bond acceptors (Lipinski definition) is 2. The average Bonchev–Trinajstić information content (AvgIpc) is 3.15. The van der Waals surface area contributed by atoms with Crippen LogP contribution in [0.1, 0.15) is 11.3 Å². The van der Waals surface area contributed by atoms with E-state index in [4.69, 9.17) is 5.53 Å².